The quantitative estimate of drug-likeness (QED) is 0.0409. The van der Waals surface area contributed by atoms with Crippen LogP contribution in [0.25, 0.3) is 11.5 Å². The molecule has 2 N–H and O–H groups in total. The Bertz CT molecular complexity index is 4240. The number of ketones is 1. The molecule has 15 heteroatoms. The molecular weight excluding hydrogens is 1340 g/mol. The van der Waals surface area contributed by atoms with Gasteiger partial charge in [-0.05, 0) is 316 Å². The van der Waals surface area contributed by atoms with Crippen LogP contribution in [-0.4, -0.2) is 101 Å². The first-order valence-electron chi connectivity index (χ1n) is 38.6. The van der Waals surface area contributed by atoms with Crippen molar-refractivity contribution in [3.63, 3.8) is 0 Å². The van der Waals surface area contributed by atoms with Gasteiger partial charge in [0.25, 0.3) is 0 Å². The Hall–Kier alpha value is -8.79. The Balaban J connectivity index is 0.000000176. The van der Waals surface area contributed by atoms with Crippen molar-refractivity contribution in [2.24, 2.45) is 23.7 Å². The van der Waals surface area contributed by atoms with Gasteiger partial charge in [0, 0.05) is 73.6 Å². The number of Topliss-reactive ketones (excluding diaryl/α,β-unsaturated/α-hetero) is 1. The molecule has 13 rings (SSSR count). The summed E-state index contributed by atoms with van der Waals surface area (Å²) in [7, 11) is 0. The Labute approximate surface area is 634 Å². The number of aliphatic carboxylic acids is 1. The van der Waals surface area contributed by atoms with Gasteiger partial charge in [-0.1, -0.05) is 109 Å². The molecule has 0 bridgehead atoms. The van der Waals surface area contributed by atoms with Gasteiger partial charge in [0.2, 0.25) is 5.91 Å². The number of nitrogens with one attached hydrogen (secondary N) is 1. The normalized spacial score (nSPS) is 16.9. The molecule has 3 aliphatic carbocycles. The highest BCUT2D eigenvalue weighted by molar-refractivity contribution is 6.02. The number of carbonyl (C=O) groups excluding carboxylic acids is 5. The summed E-state index contributed by atoms with van der Waals surface area (Å²) in [5.74, 6) is 1.81. The van der Waals surface area contributed by atoms with Crippen LogP contribution in [0.4, 0.5) is 5.69 Å². The van der Waals surface area contributed by atoms with Crippen LogP contribution in [-0.2, 0) is 72.3 Å². The van der Waals surface area contributed by atoms with Crippen molar-refractivity contribution in [1.82, 2.24) is 14.7 Å². The molecule has 1 amide bonds. The maximum absolute atomic E-state index is 13.1. The number of amides is 1. The van der Waals surface area contributed by atoms with Gasteiger partial charge in [-0.25, -0.2) is 4.79 Å². The first-order valence-corrected chi connectivity index (χ1v) is 38.6. The highest BCUT2D eigenvalue weighted by atomic mass is 35.5. The third-order valence-corrected chi connectivity index (χ3v) is 22.4. The Morgan fingerprint density at radius 1 is 0.472 bits per heavy atom. The molecule has 3 aliphatic heterocycles. The maximum Gasteiger partial charge on any atom is 0.338 e. The summed E-state index contributed by atoms with van der Waals surface area (Å²) >= 11 is 0. The fourth-order valence-electron chi connectivity index (χ4n) is 16.0. The van der Waals surface area contributed by atoms with Crippen LogP contribution in [0.15, 0.2) is 163 Å². The van der Waals surface area contributed by atoms with E-state index in [0.717, 1.165) is 151 Å². The number of rotatable bonds is 25. The van der Waals surface area contributed by atoms with Crippen LogP contribution < -0.4 is 5.32 Å². The lowest BCUT2D eigenvalue weighted by atomic mass is 9.85. The van der Waals surface area contributed by atoms with Crippen molar-refractivity contribution in [3.8, 4) is 0 Å². The first-order chi connectivity index (χ1) is 50.8. The van der Waals surface area contributed by atoms with E-state index in [1.54, 1.807) is 31.2 Å². The van der Waals surface area contributed by atoms with Crippen molar-refractivity contribution >= 4 is 65.2 Å². The van der Waals surface area contributed by atoms with Crippen molar-refractivity contribution in [2.75, 3.05) is 51.2 Å². The number of nitrogens with zero attached hydrogens (tertiary/aromatic N) is 3. The number of likely N-dealkylation sites (tertiary alicyclic amines) is 3. The number of aryl methyl sites for hydroxylation is 6. The molecular formula is C91H109ClN4O10. The Kier molecular flexibility index (Phi) is 29.1. The molecule has 3 heterocycles. The first kappa shape index (κ1) is 79.8. The lowest BCUT2D eigenvalue weighted by molar-refractivity contribution is -0.139. The maximum atomic E-state index is 13.1. The van der Waals surface area contributed by atoms with Crippen molar-refractivity contribution in [1.29, 1.82) is 0 Å². The summed E-state index contributed by atoms with van der Waals surface area (Å²) in [5, 5.41) is 11.7. The molecule has 7 aromatic carbocycles. The number of carbonyl (C=O) groups is 6. The molecule has 14 nitrogen and oxygen atoms in total. The summed E-state index contributed by atoms with van der Waals surface area (Å²) in [6.45, 7) is 24.4. The number of hydrogen-bond acceptors (Lipinski definition) is 12. The van der Waals surface area contributed by atoms with Crippen LogP contribution in [0.2, 0.25) is 0 Å². The van der Waals surface area contributed by atoms with Crippen LogP contribution in [0.1, 0.15) is 202 Å². The summed E-state index contributed by atoms with van der Waals surface area (Å²) in [5.41, 5.74) is 21.8. The lowest BCUT2D eigenvalue weighted by Gasteiger charge is -2.33. The standard InChI is InChI=1S/C38H44N2O5.C29H35NO4.C24H29NO.ClH/c1-4-44-38(43)30-13-15-33(16-14-30)39-35(41)11-8-12-36(42)45-37-32(24-31-21-26(2)27(3)22-34(31)37)23-28-17-19-40(20-18-28)25-29-9-6-5-7-10-29;1-20-15-24-18-25(17-22-11-13-30(14-12-22)19-23-7-4-3-5-8-23)29(26(24)16-21(20)2)34-28(33)10-6-9-27(31)32;1-17-12-21-15-22(24(26)23(21)13-18(17)2)14-19-8-10-25(11-9-19)16-20-6-4-3-5-7-20;/h5-7,9-10,13-16,21-22,28H,4,8,11-12,17-20,23-25H2,1-3H3,(H,39,41);3-5,7-8,15-16,22H,6,9-14,17-19H2,1-2H3,(H,31,32);3-7,12-13,19,22H,8-11,14-16H2,1-2H3;1H. The zero-order valence-corrected chi connectivity index (χ0v) is 64.2. The van der Waals surface area contributed by atoms with Gasteiger partial charge >= 0.3 is 23.9 Å². The van der Waals surface area contributed by atoms with E-state index < -0.39 is 11.9 Å². The number of benzene rings is 7. The fraction of sp³-hybridized carbons (Fsp3) is 0.429. The zero-order valence-electron chi connectivity index (χ0n) is 63.4. The molecule has 0 saturated carbocycles. The van der Waals surface area contributed by atoms with Gasteiger partial charge in [-0.3, -0.25) is 38.7 Å². The molecule has 0 radical (unpaired) electrons. The average molecular weight is 1450 g/mol. The third kappa shape index (κ3) is 22.4. The SMILES string of the molecule is CCOC(=O)c1ccc(NC(=O)CCCC(=O)OC2=C(CC3CCN(Cc4ccccc4)CC3)Cc3cc(C)c(C)cc32)cc1.Cc1cc2c(cc1C)C(=O)C(CC1CCN(Cc3ccccc3)CC1)C2.Cc1cc2c(cc1C)C(OC(=O)CCCC(=O)O)=C(CC1CCN(Cc3ccccc3)CC1)C2.Cl. The van der Waals surface area contributed by atoms with Gasteiger partial charge in [0.15, 0.2) is 5.78 Å². The predicted octanol–water partition coefficient (Wildman–Crippen LogP) is 18.5. The number of carboxylic acids is 1. The number of allylic oxidation sites excluding steroid dienone is 2. The molecule has 6 aliphatic rings. The molecule has 0 aromatic heterocycles. The van der Waals surface area contributed by atoms with E-state index in [4.69, 9.17) is 19.3 Å². The van der Waals surface area contributed by atoms with Crippen LogP contribution in [0.3, 0.4) is 0 Å². The lowest BCUT2D eigenvalue weighted by Crippen LogP contribution is -2.34. The number of halogens is 1. The minimum absolute atomic E-state index is 0. The van der Waals surface area contributed by atoms with Crippen LogP contribution >= 0.6 is 12.4 Å². The van der Waals surface area contributed by atoms with Gasteiger partial charge in [0.1, 0.15) is 11.5 Å². The highest BCUT2D eigenvalue weighted by Gasteiger charge is 2.35. The minimum Gasteiger partial charge on any atom is -0.481 e. The fourth-order valence-corrected chi connectivity index (χ4v) is 16.0. The number of ether oxygens (including phenoxy) is 3. The van der Waals surface area contributed by atoms with Gasteiger partial charge in [-0.15, -0.1) is 12.4 Å². The van der Waals surface area contributed by atoms with E-state index in [0.29, 0.717) is 54.2 Å². The largest absolute Gasteiger partial charge is 0.481 e. The molecule has 7 aromatic rings. The van der Waals surface area contributed by atoms with Crippen LogP contribution in [0.5, 0.6) is 0 Å². The van der Waals surface area contributed by atoms with Crippen molar-refractivity contribution < 1.29 is 48.1 Å². The van der Waals surface area contributed by atoms with E-state index in [1.807, 2.05) is 0 Å². The van der Waals surface area contributed by atoms with Crippen molar-refractivity contribution in [2.45, 2.75) is 184 Å². The van der Waals surface area contributed by atoms with Gasteiger partial charge < -0.3 is 24.6 Å². The van der Waals surface area contributed by atoms with Crippen LogP contribution in [0, 0.1) is 65.2 Å². The summed E-state index contributed by atoms with van der Waals surface area (Å²) < 4.78 is 17.0. The number of piperidine rings is 3. The van der Waals surface area contributed by atoms with Gasteiger partial charge in [-0.2, -0.15) is 0 Å². The Morgan fingerprint density at radius 2 is 0.858 bits per heavy atom. The monoisotopic (exact) mass is 1450 g/mol. The molecule has 1 atom stereocenters. The topological polar surface area (TPSA) is 172 Å². The van der Waals surface area contributed by atoms with E-state index >= 15 is 0 Å². The number of hydrogen-bond donors (Lipinski definition) is 2. The molecule has 3 fully saturated rings. The van der Waals surface area contributed by atoms with Crippen molar-refractivity contribution in [3.05, 3.63) is 252 Å². The second-order valence-corrected chi connectivity index (χ2v) is 30.4. The van der Waals surface area contributed by atoms with E-state index in [1.165, 1.54) is 90.7 Å². The number of carboxylic acid groups (broad SMARTS) is 1. The molecule has 560 valence electrons. The predicted molar refractivity (Wildman–Crippen MR) is 423 cm³/mol. The molecule has 0 spiro atoms. The second kappa shape index (κ2) is 38.7. The molecule has 106 heavy (non-hydrogen) atoms. The molecule has 1 unspecified atom stereocenters. The van der Waals surface area contributed by atoms with E-state index in [-0.39, 0.29) is 61.9 Å². The van der Waals surface area contributed by atoms with E-state index in [9.17, 15) is 28.8 Å². The average Bonchev–Trinajstić information content (AvgIpc) is 1.66. The smallest absolute Gasteiger partial charge is 0.338 e. The summed E-state index contributed by atoms with van der Waals surface area (Å²) in [6.07, 6.45) is 13.7. The van der Waals surface area contributed by atoms with E-state index in [2.05, 4.69) is 189 Å². The molecule has 3 saturated heterocycles. The zero-order chi connectivity index (χ0) is 73.9. The summed E-state index contributed by atoms with van der Waals surface area (Å²) in [6, 6.07) is 51.7. The number of anilines is 1. The summed E-state index contributed by atoms with van der Waals surface area (Å²) in [4.78, 5) is 81.2. The number of fused-ring (bicyclic) bond motifs is 3. The third-order valence-electron chi connectivity index (χ3n) is 22.4. The highest BCUT2D eigenvalue weighted by Crippen LogP contribution is 2.43. The number of esters is 3. The Morgan fingerprint density at radius 3 is 1.27 bits per heavy atom. The minimum atomic E-state index is -0.886. The second-order valence-electron chi connectivity index (χ2n) is 30.4. The van der Waals surface area contributed by atoms with Gasteiger partial charge in [0.05, 0.1) is 12.2 Å².